The number of rotatable bonds is 8. The van der Waals surface area contributed by atoms with E-state index in [-0.39, 0.29) is 15.8 Å². The van der Waals surface area contributed by atoms with E-state index in [9.17, 15) is 22.0 Å². The fraction of sp³-hybridized carbons (Fsp3) is 0.211. The van der Waals surface area contributed by atoms with Crippen molar-refractivity contribution < 1.29 is 26.7 Å². The molecule has 0 unspecified atom stereocenters. The molecule has 0 spiro atoms. The summed E-state index contributed by atoms with van der Waals surface area (Å²) in [6.07, 6.45) is 2.66. The summed E-state index contributed by atoms with van der Waals surface area (Å²) < 4.78 is 54.8. The van der Waals surface area contributed by atoms with Gasteiger partial charge in [0, 0.05) is 29.9 Å². The third-order valence-electron chi connectivity index (χ3n) is 4.10. The van der Waals surface area contributed by atoms with Crippen LogP contribution < -0.4 is 10.1 Å². The number of likely N-dealkylation sites (N-methyl/N-ethyl adjacent to an activating group) is 1. The van der Waals surface area contributed by atoms with Crippen molar-refractivity contribution >= 4 is 32.4 Å². The number of ether oxygens (including phenoxy) is 1. The number of nitrogens with zero attached hydrogens (tertiary/aromatic N) is 3. The molecule has 1 amide bonds. The standard InChI is InChI=1S/C19H18F2N4O4S2/c1-12-17(13-5-7-14(8-6-13)29-18(20)21)24-19(30-12)23-16(26)11-25(2)31(27,28)15-4-3-9-22-10-15/h3-10,18H,11H2,1-2H3,(H,23,24,26). The third kappa shape index (κ3) is 5.60. The lowest BCUT2D eigenvalue weighted by Crippen LogP contribution is -2.35. The number of nitrogens with one attached hydrogen (secondary N) is 1. The topological polar surface area (TPSA) is 101 Å². The quantitative estimate of drug-likeness (QED) is 0.544. The highest BCUT2D eigenvalue weighted by molar-refractivity contribution is 7.89. The van der Waals surface area contributed by atoms with E-state index in [4.69, 9.17) is 0 Å². The Hall–Kier alpha value is -2.96. The van der Waals surface area contributed by atoms with Gasteiger partial charge in [0.25, 0.3) is 0 Å². The number of halogens is 2. The van der Waals surface area contributed by atoms with Crippen LogP contribution in [0.15, 0.2) is 53.7 Å². The van der Waals surface area contributed by atoms with Crippen molar-refractivity contribution in [3.05, 3.63) is 53.7 Å². The van der Waals surface area contributed by atoms with Crippen molar-refractivity contribution in [1.29, 1.82) is 0 Å². The molecule has 3 aromatic rings. The molecule has 0 atom stereocenters. The Morgan fingerprint density at radius 3 is 2.58 bits per heavy atom. The summed E-state index contributed by atoms with van der Waals surface area (Å²) >= 11 is 1.21. The minimum atomic E-state index is -3.86. The molecule has 0 radical (unpaired) electrons. The van der Waals surface area contributed by atoms with Crippen molar-refractivity contribution in [2.45, 2.75) is 18.4 Å². The van der Waals surface area contributed by atoms with Crippen LogP contribution in [0, 0.1) is 6.92 Å². The van der Waals surface area contributed by atoms with Gasteiger partial charge in [-0.1, -0.05) is 0 Å². The Kier molecular flexibility index (Phi) is 6.93. The molecule has 0 aliphatic heterocycles. The molecule has 0 saturated heterocycles. The molecular weight excluding hydrogens is 450 g/mol. The summed E-state index contributed by atoms with van der Waals surface area (Å²) in [5.41, 5.74) is 1.23. The Bertz CT molecular complexity index is 1150. The van der Waals surface area contributed by atoms with Gasteiger partial charge < -0.3 is 10.1 Å². The van der Waals surface area contributed by atoms with Crippen molar-refractivity contribution in [2.75, 3.05) is 18.9 Å². The second-order valence-corrected chi connectivity index (χ2v) is 9.57. The van der Waals surface area contributed by atoms with Gasteiger partial charge in [0.05, 0.1) is 12.2 Å². The second kappa shape index (κ2) is 9.45. The number of hydrogen-bond donors (Lipinski definition) is 1. The number of carbonyl (C=O) groups excluding carboxylic acids is 1. The molecule has 0 aliphatic rings. The van der Waals surface area contributed by atoms with Crippen LogP contribution >= 0.6 is 11.3 Å². The van der Waals surface area contributed by atoms with E-state index in [0.717, 1.165) is 9.18 Å². The number of alkyl halides is 2. The number of amides is 1. The predicted molar refractivity (Wildman–Crippen MR) is 112 cm³/mol. The molecule has 12 heteroatoms. The number of sulfonamides is 1. The smallest absolute Gasteiger partial charge is 0.387 e. The van der Waals surface area contributed by atoms with Gasteiger partial charge >= 0.3 is 6.61 Å². The largest absolute Gasteiger partial charge is 0.435 e. The van der Waals surface area contributed by atoms with E-state index in [2.05, 4.69) is 20.0 Å². The van der Waals surface area contributed by atoms with Gasteiger partial charge in [-0.15, -0.1) is 11.3 Å². The molecule has 3 rings (SSSR count). The molecule has 0 aliphatic carbocycles. The van der Waals surface area contributed by atoms with Gasteiger partial charge in [-0.3, -0.25) is 9.78 Å². The number of thiazole rings is 1. The molecule has 0 bridgehead atoms. The Morgan fingerprint density at radius 2 is 1.97 bits per heavy atom. The average molecular weight is 469 g/mol. The second-order valence-electron chi connectivity index (χ2n) is 6.32. The number of anilines is 1. The van der Waals surface area contributed by atoms with Gasteiger partial charge in [0.1, 0.15) is 10.6 Å². The zero-order chi connectivity index (χ0) is 22.6. The fourth-order valence-corrected chi connectivity index (χ4v) is 4.58. The highest BCUT2D eigenvalue weighted by atomic mass is 32.2. The normalized spacial score (nSPS) is 11.7. The predicted octanol–water partition coefficient (Wildman–Crippen LogP) is 3.37. The van der Waals surface area contributed by atoms with Crippen LogP contribution in [0.25, 0.3) is 11.3 Å². The lowest BCUT2D eigenvalue weighted by atomic mass is 10.1. The summed E-state index contributed by atoms with van der Waals surface area (Å²) in [5.74, 6) is -0.533. The maximum absolute atomic E-state index is 12.5. The zero-order valence-electron chi connectivity index (χ0n) is 16.5. The SMILES string of the molecule is Cc1sc(NC(=O)CN(C)S(=O)(=O)c2cccnc2)nc1-c1ccc(OC(F)F)cc1. The van der Waals surface area contributed by atoms with Crippen LogP contribution in [-0.2, 0) is 14.8 Å². The first kappa shape index (κ1) is 22.7. The van der Waals surface area contributed by atoms with Crippen LogP contribution in [0.4, 0.5) is 13.9 Å². The third-order valence-corrected chi connectivity index (χ3v) is 6.78. The van der Waals surface area contributed by atoms with Gasteiger partial charge in [-0.2, -0.15) is 13.1 Å². The van der Waals surface area contributed by atoms with Gasteiger partial charge in [0.15, 0.2) is 5.13 Å². The van der Waals surface area contributed by atoms with E-state index < -0.39 is 29.1 Å². The molecule has 0 saturated carbocycles. The minimum Gasteiger partial charge on any atom is -0.435 e. The molecule has 1 N–H and O–H groups in total. The number of aryl methyl sites for hydroxylation is 1. The van der Waals surface area contributed by atoms with E-state index in [0.29, 0.717) is 11.3 Å². The summed E-state index contributed by atoms with van der Waals surface area (Å²) in [4.78, 5) is 21.3. The molecule has 2 heterocycles. The lowest BCUT2D eigenvalue weighted by molar-refractivity contribution is -0.116. The fourth-order valence-electron chi connectivity index (χ4n) is 2.64. The van der Waals surface area contributed by atoms with Crippen LogP contribution in [0.5, 0.6) is 5.75 Å². The van der Waals surface area contributed by atoms with Crippen molar-refractivity contribution in [3.8, 4) is 17.0 Å². The van der Waals surface area contributed by atoms with Crippen molar-refractivity contribution in [2.24, 2.45) is 0 Å². The molecule has 8 nitrogen and oxygen atoms in total. The highest BCUT2D eigenvalue weighted by Crippen LogP contribution is 2.31. The number of aromatic nitrogens is 2. The molecule has 2 aromatic heterocycles. The van der Waals surface area contributed by atoms with Gasteiger partial charge in [-0.25, -0.2) is 13.4 Å². The van der Waals surface area contributed by atoms with Gasteiger partial charge in [0.2, 0.25) is 15.9 Å². The number of pyridine rings is 1. The summed E-state index contributed by atoms with van der Waals surface area (Å²) in [7, 11) is -2.56. The first-order valence-electron chi connectivity index (χ1n) is 8.85. The summed E-state index contributed by atoms with van der Waals surface area (Å²) in [6, 6.07) is 8.85. The van der Waals surface area contributed by atoms with Crippen molar-refractivity contribution in [3.63, 3.8) is 0 Å². The van der Waals surface area contributed by atoms with E-state index in [1.54, 1.807) is 19.1 Å². The highest BCUT2D eigenvalue weighted by Gasteiger charge is 2.23. The maximum atomic E-state index is 12.5. The monoisotopic (exact) mass is 468 g/mol. The Balaban J connectivity index is 1.67. The Morgan fingerprint density at radius 1 is 1.26 bits per heavy atom. The van der Waals surface area contributed by atoms with Crippen LogP contribution in [0.3, 0.4) is 0 Å². The lowest BCUT2D eigenvalue weighted by Gasteiger charge is -2.16. The number of carbonyl (C=O) groups is 1. The van der Waals surface area contributed by atoms with E-state index in [1.807, 2.05) is 0 Å². The first-order valence-corrected chi connectivity index (χ1v) is 11.1. The van der Waals surface area contributed by atoms with Crippen LogP contribution in [-0.4, -0.2) is 48.8 Å². The number of hydrogen-bond acceptors (Lipinski definition) is 7. The van der Waals surface area contributed by atoms with Crippen molar-refractivity contribution in [1.82, 2.24) is 14.3 Å². The van der Waals surface area contributed by atoms with E-state index >= 15 is 0 Å². The molecule has 164 valence electrons. The molecule has 31 heavy (non-hydrogen) atoms. The van der Waals surface area contributed by atoms with Crippen LogP contribution in [0.2, 0.25) is 0 Å². The molecular formula is C19H18F2N4O4S2. The minimum absolute atomic E-state index is 0.0167. The number of benzene rings is 1. The van der Waals surface area contributed by atoms with E-state index in [1.165, 1.54) is 55.0 Å². The molecule has 1 aromatic carbocycles. The Labute approximate surface area is 181 Å². The maximum Gasteiger partial charge on any atom is 0.387 e. The first-order chi connectivity index (χ1) is 14.7. The molecule has 0 fully saturated rings. The summed E-state index contributed by atoms with van der Waals surface area (Å²) in [6.45, 7) is -1.52. The average Bonchev–Trinajstić information content (AvgIpc) is 3.08. The van der Waals surface area contributed by atoms with Gasteiger partial charge in [-0.05, 0) is 43.3 Å². The zero-order valence-corrected chi connectivity index (χ0v) is 18.1. The van der Waals surface area contributed by atoms with Crippen LogP contribution in [0.1, 0.15) is 4.88 Å². The summed E-state index contributed by atoms with van der Waals surface area (Å²) in [5, 5.41) is 2.88.